The van der Waals surface area contributed by atoms with Crippen LogP contribution in [0.1, 0.15) is 122 Å². The maximum Gasteiger partial charge on any atom is 0.411 e. The topological polar surface area (TPSA) is 74.8 Å². The molecule has 4 amide bonds. The smallest absolute Gasteiger partial charge is 0.269 e. The minimum absolute atomic E-state index is 0.0532. The number of amides is 4. The van der Waals surface area contributed by atoms with Crippen molar-refractivity contribution in [2.75, 3.05) is 4.90 Å². The minimum Gasteiger partial charge on any atom is -0.269 e. The third kappa shape index (κ3) is 5.80. The number of hydrogen-bond donors (Lipinski definition) is 0. The summed E-state index contributed by atoms with van der Waals surface area (Å²) in [5.41, 5.74) is -4.69. The van der Waals surface area contributed by atoms with Gasteiger partial charge in [0.1, 0.15) is 0 Å². The van der Waals surface area contributed by atoms with Gasteiger partial charge in [-0.15, -0.1) is 0 Å². The van der Waals surface area contributed by atoms with Gasteiger partial charge in [0.05, 0.1) is 33.4 Å². The summed E-state index contributed by atoms with van der Waals surface area (Å²) in [6.07, 6.45) is -12.2. The highest BCUT2D eigenvalue weighted by Gasteiger charge is 2.73. The molecule has 2 heterocycles. The van der Waals surface area contributed by atoms with E-state index in [4.69, 9.17) is 0 Å². The lowest BCUT2D eigenvalue weighted by molar-refractivity contribution is -0.288. The lowest BCUT2D eigenvalue weighted by atomic mass is 9.67. The molecule has 0 N–H and O–H groups in total. The van der Waals surface area contributed by atoms with Gasteiger partial charge in [-0.3, -0.25) is 24.1 Å². The summed E-state index contributed by atoms with van der Waals surface area (Å²) in [6, 6.07) is 34.6. The van der Waals surface area contributed by atoms with E-state index in [0.29, 0.717) is 24.3 Å². The van der Waals surface area contributed by atoms with Gasteiger partial charge in [0.15, 0.2) is 0 Å². The molecule has 1 aliphatic carbocycles. The lowest BCUT2D eigenvalue weighted by Crippen LogP contribution is -2.55. The van der Waals surface area contributed by atoms with Crippen molar-refractivity contribution in [3.8, 4) is 11.1 Å². The number of carbonyl (C=O) groups is 4. The van der Waals surface area contributed by atoms with Crippen LogP contribution in [-0.4, -0.2) is 46.4 Å². The summed E-state index contributed by atoms with van der Waals surface area (Å²) in [7, 11) is 0. The normalized spacial score (nSPS) is 16.0. The number of nitrogens with zero attached hydrogens (tertiary/aromatic N) is 2. The van der Waals surface area contributed by atoms with Crippen LogP contribution < -0.4 is 4.90 Å². The monoisotopic (exact) mass is 870 g/mol. The van der Waals surface area contributed by atoms with E-state index in [9.17, 15) is 19.2 Å². The number of carbonyl (C=O) groups excluding carboxylic acids is 4. The largest absolute Gasteiger partial charge is 0.411 e. The number of benzene rings is 6. The van der Waals surface area contributed by atoms with E-state index in [1.807, 2.05) is 24.3 Å². The Morgan fingerprint density at radius 3 is 1.27 bits per heavy atom. The Labute approximate surface area is 365 Å². The Morgan fingerprint density at radius 1 is 0.422 bits per heavy atom. The summed E-state index contributed by atoms with van der Waals surface area (Å²) < 4.78 is 92.6. The van der Waals surface area contributed by atoms with Crippen LogP contribution in [0.25, 0.3) is 11.1 Å². The first-order chi connectivity index (χ1) is 30.0. The number of rotatable bonds is 5. The summed E-state index contributed by atoms with van der Waals surface area (Å²) in [4.78, 5) is 56.2. The van der Waals surface area contributed by atoms with E-state index in [1.165, 1.54) is 20.8 Å². The van der Waals surface area contributed by atoms with E-state index >= 15 is 26.3 Å². The first kappa shape index (κ1) is 42.5. The Bertz CT molecular complexity index is 2910. The van der Waals surface area contributed by atoms with E-state index in [-0.39, 0.29) is 22.2 Å². The van der Waals surface area contributed by atoms with Crippen LogP contribution in [0.5, 0.6) is 0 Å². The summed E-state index contributed by atoms with van der Waals surface area (Å²) in [6.45, 7) is 10.9. The molecule has 2 aliphatic heterocycles. The van der Waals surface area contributed by atoms with E-state index < -0.39 is 74.6 Å². The number of anilines is 1. The molecule has 0 saturated heterocycles. The van der Waals surface area contributed by atoms with Crippen LogP contribution in [0, 0.1) is 0 Å². The Hall–Kier alpha value is -6.82. The SMILES string of the molecule is CC(C)(C)c1ccc(C2(c3ccc(N4C(=O)c5ccc(C(c6ccc7c(c6)C(=O)N(C(C)(C)C)C7=O)(C(F)(F)F)C(F)(F)F)cc5C4=O)cc3)c3ccccc3-c3ccccc32)cc1. The third-order valence-corrected chi connectivity index (χ3v) is 12.9. The van der Waals surface area contributed by atoms with E-state index in [2.05, 4.69) is 69.3 Å². The summed E-state index contributed by atoms with van der Waals surface area (Å²) in [5, 5.41) is 0. The predicted octanol–water partition coefficient (Wildman–Crippen LogP) is 12.0. The van der Waals surface area contributed by atoms with Crippen LogP contribution in [0.3, 0.4) is 0 Å². The standard InChI is InChI=1S/C52H40F6N2O4/c1-47(2,3)29-15-17-30(18-16-29)49(41-13-9-7-11-35(41)36-12-8-10-14-42(36)49)31-19-23-34(24-20-31)59-43(61)37-25-21-32(27-39(37)44(59)62)50(51(53,54)55,52(56,57)58)33-22-26-38-40(28-33)46(64)60(45(38)63)48(4,5)6/h7-28H,1-6H3. The van der Waals surface area contributed by atoms with Crippen molar-refractivity contribution in [3.63, 3.8) is 0 Å². The van der Waals surface area contributed by atoms with Gasteiger partial charge in [0.2, 0.25) is 5.41 Å². The van der Waals surface area contributed by atoms with Crippen molar-refractivity contribution in [2.24, 2.45) is 0 Å². The van der Waals surface area contributed by atoms with Gasteiger partial charge in [-0.05, 0) is 113 Å². The van der Waals surface area contributed by atoms with Crippen molar-refractivity contribution in [1.29, 1.82) is 0 Å². The Balaban J connectivity index is 1.14. The van der Waals surface area contributed by atoms with E-state index in [1.54, 1.807) is 24.3 Å². The molecule has 0 spiro atoms. The van der Waals surface area contributed by atoms with E-state index in [0.717, 1.165) is 60.9 Å². The van der Waals surface area contributed by atoms with Gasteiger partial charge in [-0.1, -0.05) is 118 Å². The average Bonchev–Trinajstić information content (AvgIpc) is 3.77. The number of imide groups is 2. The second-order valence-corrected chi connectivity index (χ2v) is 18.5. The highest BCUT2D eigenvalue weighted by Crippen LogP contribution is 2.58. The molecule has 64 heavy (non-hydrogen) atoms. The number of alkyl halides is 6. The molecule has 6 nitrogen and oxygen atoms in total. The van der Waals surface area contributed by atoms with Crippen LogP contribution in [-0.2, 0) is 16.2 Å². The molecule has 12 heteroatoms. The quantitative estimate of drug-likeness (QED) is 0.128. The van der Waals surface area contributed by atoms with Crippen molar-refractivity contribution < 1.29 is 45.5 Å². The molecular weight excluding hydrogens is 831 g/mol. The van der Waals surface area contributed by atoms with Gasteiger partial charge in [-0.25, -0.2) is 4.90 Å². The van der Waals surface area contributed by atoms with Crippen molar-refractivity contribution in [2.45, 2.75) is 75.7 Å². The molecular formula is C52H40F6N2O4. The second-order valence-electron chi connectivity index (χ2n) is 18.5. The second kappa shape index (κ2) is 13.8. The molecule has 0 atom stereocenters. The van der Waals surface area contributed by atoms with Gasteiger partial charge in [0, 0.05) is 5.54 Å². The zero-order chi connectivity index (χ0) is 46.1. The summed E-state index contributed by atoms with van der Waals surface area (Å²) in [5.74, 6) is -3.96. The van der Waals surface area contributed by atoms with Crippen LogP contribution >= 0.6 is 0 Å². The number of halogens is 6. The average molecular weight is 871 g/mol. The van der Waals surface area contributed by atoms with Gasteiger partial charge < -0.3 is 0 Å². The molecule has 0 bridgehead atoms. The van der Waals surface area contributed by atoms with Gasteiger partial charge in [0.25, 0.3) is 23.6 Å². The van der Waals surface area contributed by atoms with Gasteiger partial charge >= 0.3 is 12.4 Å². The molecule has 6 aromatic rings. The predicted molar refractivity (Wildman–Crippen MR) is 230 cm³/mol. The molecule has 324 valence electrons. The Kier molecular flexibility index (Phi) is 9.19. The van der Waals surface area contributed by atoms with Crippen molar-refractivity contribution >= 4 is 29.3 Å². The summed E-state index contributed by atoms with van der Waals surface area (Å²) >= 11 is 0. The molecule has 3 aliphatic rings. The highest BCUT2D eigenvalue weighted by molar-refractivity contribution is 6.34. The zero-order valence-corrected chi connectivity index (χ0v) is 35.5. The van der Waals surface area contributed by atoms with Crippen LogP contribution in [0.4, 0.5) is 32.0 Å². The fourth-order valence-electron chi connectivity index (χ4n) is 9.88. The highest BCUT2D eigenvalue weighted by atomic mass is 19.4. The lowest BCUT2D eigenvalue weighted by Gasteiger charge is -2.38. The molecule has 0 aromatic heterocycles. The number of hydrogen-bond acceptors (Lipinski definition) is 4. The molecule has 0 unspecified atom stereocenters. The third-order valence-electron chi connectivity index (χ3n) is 12.9. The molecule has 0 saturated carbocycles. The first-order valence-corrected chi connectivity index (χ1v) is 20.6. The van der Waals surface area contributed by atoms with Crippen LogP contribution in [0.15, 0.2) is 133 Å². The fourth-order valence-corrected chi connectivity index (χ4v) is 9.88. The molecule has 0 fully saturated rings. The first-order valence-electron chi connectivity index (χ1n) is 20.6. The molecule has 6 aromatic carbocycles. The van der Waals surface area contributed by atoms with Crippen LogP contribution in [0.2, 0.25) is 0 Å². The maximum absolute atomic E-state index is 15.4. The van der Waals surface area contributed by atoms with Crippen molar-refractivity contribution in [1.82, 2.24) is 4.90 Å². The molecule has 9 rings (SSSR count). The van der Waals surface area contributed by atoms with Crippen molar-refractivity contribution in [3.05, 3.63) is 195 Å². The zero-order valence-electron chi connectivity index (χ0n) is 35.5. The minimum atomic E-state index is -6.09. The van der Waals surface area contributed by atoms with Gasteiger partial charge in [-0.2, -0.15) is 26.3 Å². The molecule has 0 radical (unpaired) electrons. The Morgan fingerprint density at radius 2 is 0.812 bits per heavy atom. The maximum atomic E-state index is 15.4. The fraction of sp³-hybridized carbons (Fsp3) is 0.231. The number of fused-ring (bicyclic) bond motifs is 5.